The van der Waals surface area contributed by atoms with Crippen LogP contribution in [0.3, 0.4) is 0 Å². The van der Waals surface area contributed by atoms with E-state index in [4.69, 9.17) is 10.4 Å². The topological polar surface area (TPSA) is 66.8 Å². The minimum absolute atomic E-state index is 0.158. The molecule has 2 N–H and O–H groups in total. The summed E-state index contributed by atoms with van der Waals surface area (Å²) in [5.41, 5.74) is 0. The average Bonchev–Trinajstić information content (AvgIpc) is 2.50. The standard InChI is InChI=1S/C18H30O4/c1-2-3-4-5-6-8-11-14-17(22-21)15-12-9-7-10-13-16-18(19)20/h7,9-10,12-13,16-17,21H,2-6,8,11,14-15H2,1H3,(H,19,20)/b10-7+,12-9+,16-13+. The fourth-order valence-electron chi connectivity index (χ4n) is 2.12. The molecule has 4 nitrogen and oxygen atoms in total. The number of hydrogen-bond acceptors (Lipinski definition) is 3. The van der Waals surface area contributed by atoms with E-state index in [-0.39, 0.29) is 6.10 Å². The molecule has 22 heavy (non-hydrogen) atoms. The molecule has 0 saturated heterocycles. The van der Waals surface area contributed by atoms with E-state index in [1.165, 1.54) is 44.6 Å². The number of carboxylic acids is 1. The maximum atomic E-state index is 10.2. The smallest absolute Gasteiger partial charge is 0.328 e. The fourth-order valence-corrected chi connectivity index (χ4v) is 2.12. The number of carboxylic acid groups (broad SMARTS) is 1. The van der Waals surface area contributed by atoms with Gasteiger partial charge in [0.15, 0.2) is 0 Å². The second-order valence-corrected chi connectivity index (χ2v) is 5.38. The normalized spacial score (nSPS) is 13.5. The lowest BCUT2D eigenvalue weighted by molar-refractivity contribution is -0.279. The van der Waals surface area contributed by atoms with Gasteiger partial charge in [-0.3, -0.25) is 5.26 Å². The van der Waals surface area contributed by atoms with Crippen LogP contribution in [0.5, 0.6) is 0 Å². The second kappa shape index (κ2) is 16.0. The lowest BCUT2D eigenvalue weighted by Gasteiger charge is -2.10. The summed E-state index contributed by atoms with van der Waals surface area (Å²) in [6.45, 7) is 2.22. The maximum Gasteiger partial charge on any atom is 0.328 e. The van der Waals surface area contributed by atoms with E-state index in [0.717, 1.165) is 18.9 Å². The van der Waals surface area contributed by atoms with Crippen LogP contribution in [0.1, 0.15) is 64.7 Å². The molecule has 0 rings (SSSR count). The predicted octanol–water partition coefficient (Wildman–Crippen LogP) is 5.13. The number of allylic oxidation sites excluding steroid dienone is 4. The van der Waals surface area contributed by atoms with Crippen molar-refractivity contribution in [2.24, 2.45) is 0 Å². The first-order valence-electron chi connectivity index (χ1n) is 8.23. The van der Waals surface area contributed by atoms with Gasteiger partial charge >= 0.3 is 5.97 Å². The summed E-state index contributed by atoms with van der Waals surface area (Å²) in [7, 11) is 0. The molecule has 1 atom stereocenters. The lowest BCUT2D eigenvalue weighted by Crippen LogP contribution is -2.09. The molecule has 4 heteroatoms. The van der Waals surface area contributed by atoms with Crippen LogP contribution in [0.4, 0.5) is 0 Å². The van der Waals surface area contributed by atoms with E-state index >= 15 is 0 Å². The van der Waals surface area contributed by atoms with Crippen molar-refractivity contribution < 1.29 is 20.0 Å². The van der Waals surface area contributed by atoms with E-state index in [1.807, 2.05) is 12.2 Å². The van der Waals surface area contributed by atoms with E-state index in [2.05, 4.69) is 11.8 Å². The molecule has 0 aromatic carbocycles. The van der Waals surface area contributed by atoms with Gasteiger partial charge in [-0.2, -0.15) is 0 Å². The van der Waals surface area contributed by atoms with Crippen LogP contribution in [0.25, 0.3) is 0 Å². The second-order valence-electron chi connectivity index (χ2n) is 5.38. The molecule has 0 radical (unpaired) electrons. The highest BCUT2D eigenvalue weighted by Gasteiger charge is 2.06. The van der Waals surface area contributed by atoms with E-state index in [1.54, 1.807) is 12.2 Å². The number of aliphatic carboxylic acids is 1. The fraction of sp³-hybridized carbons (Fsp3) is 0.611. The Morgan fingerprint density at radius 1 is 1.00 bits per heavy atom. The number of rotatable bonds is 14. The Morgan fingerprint density at radius 3 is 2.27 bits per heavy atom. The molecule has 0 saturated carbocycles. The summed E-state index contributed by atoms with van der Waals surface area (Å²) in [4.78, 5) is 14.7. The molecule has 0 aliphatic rings. The number of unbranched alkanes of at least 4 members (excludes halogenated alkanes) is 6. The molecule has 1 unspecified atom stereocenters. The van der Waals surface area contributed by atoms with Gasteiger partial charge in [0.05, 0.1) is 6.10 Å². The van der Waals surface area contributed by atoms with Crippen molar-refractivity contribution in [3.63, 3.8) is 0 Å². The van der Waals surface area contributed by atoms with E-state index in [9.17, 15) is 4.79 Å². The van der Waals surface area contributed by atoms with Gasteiger partial charge in [0.1, 0.15) is 0 Å². The Kier molecular flexibility index (Phi) is 15.0. The summed E-state index contributed by atoms with van der Waals surface area (Å²) < 4.78 is 0. The predicted molar refractivity (Wildman–Crippen MR) is 89.8 cm³/mol. The van der Waals surface area contributed by atoms with Crippen LogP contribution in [-0.2, 0) is 9.68 Å². The summed E-state index contributed by atoms with van der Waals surface area (Å²) >= 11 is 0. The van der Waals surface area contributed by atoms with Gasteiger partial charge in [0, 0.05) is 6.08 Å². The van der Waals surface area contributed by atoms with Crippen LogP contribution < -0.4 is 0 Å². The third kappa shape index (κ3) is 15.0. The molecule has 0 spiro atoms. The molecular weight excluding hydrogens is 280 g/mol. The molecule has 0 aliphatic carbocycles. The molecule has 0 heterocycles. The van der Waals surface area contributed by atoms with Crippen molar-refractivity contribution >= 4 is 5.97 Å². The molecule has 126 valence electrons. The van der Waals surface area contributed by atoms with Crippen LogP contribution in [0.15, 0.2) is 36.5 Å². The zero-order valence-corrected chi connectivity index (χ0v) is 13.6. The van der Waals surface area contributed by atoms with Crippen LogP contribution in [-0.4, -0.2) is 22.4 Å². The lowest BCUT2D eigenvalue weighted by atomic mass is 10.0. The van der Waals surface area contributed by atoms with E-state index < -0.39 is 5.97 Å². The summed E-state index contributed by atoms with van der Waals surface area (Å²) in [5.74, 6) is -0.961. The highest BCUT2D eigenvalue weighted by molar-refractivity contribution is 5.80. The first kappa shape index (κ1) is 20.6. The van der Waals surface area contributed by atoms with Gasteiger partial charge in [-0.05, 0) is 12.8 Å². The molecule has 0 aromatic rings. The molecule has 0 bridgehead atoms. The first-order chi connectivity index (χ1) is 10.7. The highest BCUT2D eigenvalue weighted by Crippen LogP contribution is 2.13. The van der Waals surface area contributed by atoms with Crippen molar-refractivity contribution in [3.8, 4) is 0 Å². The summed E-state index contributed by atoms with van der Waals surface area (Å²) in [6, 6.07) is 0. The molecule has 0 fully saturated rings. The van der Waals surface area contributed by atoms with Gasteiger partial charge in [-0.1, -0.05) is 82.2 Å². The van der Waals surface area contributed by atoms with Gasteiger partial charge in [-0.25, -0.2) is 9.68 Å². The van der Waals surface area contributed by atoms with Crippen molar-refractivity contribution in [2.75, 3.05) is 0 Å². The highest BCUT2D eigenvalue weighted by atomic mass is 17.1. The number of hydrogen-bond donors (Lipinski definition) is 2. The van der Waals surface area contributed by atoms with Crippen molar-refractivity contribution in [2.45, 2.75) is 70.8 Å². The first-order valence-corrected chi connectivity index (χ1v) is 8.23. The SMILES string of the molecule is CCCCCCCCCC(C/C=C/C=C/C=C/C(=O)O)OO. The Balaban J connectivity index is 3.67. The molecular formula is C18H30O4. The van der Waals surface area contributed by atoms with Gasteiger partial charge in [0.25, 0.3) is 0 Å². The largest absolute Gasteiger partial charge is 0.478 e. The van der Waals surface area contributed by atoms with Crippen molar-refractivity contribution in [3.05, 3.63) is 36.5 Å². The Hall–Kier alpha value is -1.39. The Bertz CT molecular complexity index is 345. The summed E-state index contributed by atoms with van der Waals surface area (Å²) in [5, 5.41) is 17.3. The number of carbonyl (C=O) groups is 1. The third-order valence-electron chi connectivity index (χ3n) is 3.39. The molecule has 0 aliphatic heterocycles. The van der Waals surface area contributed by atoms with E-state index in [0.29, 0.717) is 6.42 Å². The third-order valence-corrected chi connectivity index (χ3v) is 3.39. The zero-order chi connectivity index (χ0) is 16.5. The van der Waals surface area contributed by atoms with Gasteiger partial charge < -0.3 is 5.11 Å². The van der Waals surface area contributed by atoms with Gasteiger partial charge in [-0.15, -0.1) is 0 Å². The quantitative estimate of drug-likeness (QED) is 0.153. The average molecular weight is 310 g/mol. The minimum Gasteiger partial charge on any atom is -0.478 e. The van der Waals surface area contributed by atoms with Crippen molar-refractivity contribution in [1.82, 2.24) is 0 Å². The monoisotopic (exact) mass is 310 g/mol. The summed E-state index contributed by atoms with van der Waals surface area (Å²) in [6.07, 6.45) is 19.8. The van der Waals surface area contributed by atoms with Crippen LogP contribution in [0, 0.1) is 0 Å². The zero-order valence-electron chi connectivity index (χ0n) is 13.6. The molecule has 0 amide bonds. The van der Waals surface area contributed by atoms with Crippen LogP contribution in [0.2, 0.25) is 0 Å². The van der Waals surface area contributed by atoms with Crippen LogP contribution >= 0.6 is 0 Å². The van der Waals surface area contributed by atoms with Gasteiger partial charge in [0.2, 0.25) is 0 Å². The Labute approximate surface area is 134 Å². The minimum atomic E-state index is -0.961. The maximum absolute atomic E-state index is 10.2. The molecule has 0 aromatic heterocycles. The van der Waals surface area contributed by atoms with Crippen molar-refractivity contribution in [1.29, 1.82) is 0 Å². The Morgan fingerprint density at radius 2 is 1.64 bits per heavy atom.